The van der Waals surface area contributed by atoms with Crippen molar-refractivity contribution in [3.8, 4) is 0 Å². The largest absolute Gasteiger partial charge is 0.411 e. The Morgan fingerprint density at radius 3 is 2.59 bits per heavy atom. The van der Waals surface area contributed by atoms with Gasteiger partial charge in [0.2, 0.25) is 0 Å². The summed E-state index contributed by atoms with van der Waals surface area (Å²) in [5.41, 5.74) is 5.68. The molecule has 0 bridgehead atoms. The zero-order valence-corrected chi connectivity index (χ0v) is 10.0. The van der Waals surface area contributed by atoms with Gasteiger partial charge in [0, 0.05) is 10.7 Å². The lowest BCUT2D eigenvalue weighted by Crippen LogP contribution is -2.19. The Balaban J connectivity index is 2.59. The zero-order valence-electron chi connectivity index (χ0n) is 8.46. The summed E-state index contributed by atoms with van der Waals surface area (Å²) < 4.78 is 51.2. The maximum atomic E-state index is 11.8. The van der Waals surface area contributed by atoms with Crippen LogP contribution in [-0.4, -0.2) is 22.9 Å². The number of halogens is 4. The van der Waals surface area contributed by atoms with Crippen molar-refractivity contribution in [3.63, 3.8) is 0 Å². The van der Waals surface area contributed by atoms with Crippen LogP contribution < -0.4 is 5.73 Å². The monoisotopic (exact) mass is 287 g/mol. The summed E-state index contributed by atoms with van der Waals surface area (Å²) in [6.45, 7) is -1.44. The topological polar surface area (TPSA) is 52.3 Å². The summed E-state index contributed by atoms with van der Waals surface area (Å²) >= 11 is 5.63. The number of alkyl halides is 3. The molecule has 3 nitrogen and oxygen atoms in total. The number of nitrogens with two attached hydrogens (primary N) is 1. The number of nitrogen functional groups attached to an aromatic ring is 1. The van der Waals surface area contributed by atoms with E-state index in [1.165, 1.54) is 18.2 Å². The van der Waals surface area contributed by atoms with E-state index in [-0.39, 0.29) is 10.6 Å². The molecule has 0 saturated heterocycles. The molecule has 1 aromatic rings. The highest BCUT2D eigenvalue weighted by Gasteiger charge is 2.27. The van der Waals surface area contributed by atoms with Crippen LogP contribution in [0.25, 0.3) is 0 Å². The van der Waals surface area contributed by atoms with Crippen LogP contribution >= 0.6 is 11.6 Å². The molecule has 2 N–H and O–H groups in total. The third-order valence-electron chi connectivity index (χ3n) is 1.67. The van der Waals surface area contributed by atoms with Crippen LogP contribution in [-0.2, 0) is 15.5 Å². The van der Waals surface area contributed by atoms with Gasteiger partial charge in [-0.15, -0.1) is 0 Å². The molecule has 0 fully saturated rings. The number of rotatable bonds is 4. The van der Waals surface area contributed by atoms with E-state index in [0.29, 0.717) is 5.02 Å². The second kappa shape index (κ2) is 5.70. The first-order valence-electron chi connectivity index (χ1n) is 4.37. The third kappa shape index (κ3) is 4.93. The third-order valence-corrected chi connectivity index (χ3v) is 3.15. The molecule has 1 aromatic carbocycles. The van der Waals surface area contributed by atoms with Crippen LogP contribution in [0.3, 0.4) is 0 Å². The highest BCUT2D eigenvalue weighted by molar-refractivity contribution is 7.85. The van der Waals surface area contributed by atoms with Crippen molar-refractivity contribution >= 4 is 28.1 Å². The SMILES string of the molecule is Nc1cc(Cl)ccc1S(=O)COCC(F)(F)F. The van der Waals surface area contributed by atoms with Gasteiger partial charge in [-0.3, -0.25) is 4.21 Å². The van der Waals surface area contributed by atoms with Crippen LogP contribution in [0.1, 0.15) is 0 Å². The van der Waals surface area contributed by atoms with E-state index in [4.69, 9.17) is 17.3 Å². The summed E-state index contributed by atoms with van der Waals surface area (Å²) in [5, 5.41) is 0.361. The van der Waals surface area contributed by atoms with Gasteiger partial charge in [0.05, 0.1) is 15.7 Å². The van der Waals surface area contributed by atoms with Gasteiger partial charge in [-0.05, 0) is 18.2 Å². The molecule has 0 aliphatic heterocycles. The molecular formula is C9H9ClF3NO2S. The first kappa shape index (κ1) is 14.3. The summed E-state index contributed by atoms with van der Waals surface area (Å²) in [7, 11) is -1.74. The molecule has 0 heterocycles. The molecule has 0 aromatic heterocycles. The van der Waals surface area contributed by atoms with Crippen molar-refractivity contribution < 1.29 is 22.1 Å². The van der Waals surface area contributed by atoms with Crippen molar-refractivity contribution in [2.45, 2.75) is 11.1 Å². The van der Waals surface area contributed by atoms with E-state index < -0.39 is 29.5 Å². The van der Waals surface area contributed by atoms with Crippen LogP contribution in [0, 0.1) is 0 Å². The molecule has 1 atom stereocenters. The second-order valence-corrected chi connectivity index (χ2v) is 4.91. The first-order valence-corrected chi connectivity index (χ1v) is 6.07. The molecule has 0 radical (unpaired) electrons. The lowest BCUT2D eigenvalue weighted by Gasteiger charge is -2.09. The van der Waals surface area contributed by atoms with Gasteiger partial charge in [0.15, 0.2) is 0 Å². The maximum Gasteiger partial charge on any atom is 0.411 e. The molecular weight excluding hydrogens is 279 g/mol. The Kier molecular flexibility index (Phi) is 4.79. The van der Waals surface area contributed by atoms with Crippen LogP contribution in [0.2, 0.25) is 5.02 Å². The van der Waals surface area contributed by atoms with Gasteiger partial charge in [-0.1, -0.05) is 11.6 Å². The van der Waals surface area contributed by atoms with Gasteiger partial charge in [-0.2, -0.15) is 13.2 Å². The molecule has 0 amide bonds. The van der Waals surface area contributed by atoms with Crippen molar-refractivity contribution in [2.75, 3.05) is 18.3 Å². The van der Waals surface area contributed by atoms with Crippen molar-refractivity contribution in [3.05, 3.63) is 23.2 Å². The minimum absolute atomic E-state index is 0.159. The number of benzene rings is 1. The Labute approximate surface area is 103 Å². The van der Waals surface area contributed by atoms with Crippen molar-refractivity contribution in [2.24, 2.45) is 0 Å². The van der Waals surface area contributed by atoms with E-state index in [1.54, 1.807) is 0 Å². The first-order chi connectivity index (χ1) is 7.79. The Bertz CT molecular complexity index is 425. The predicted molar refractivity (Wildman–Crippen MR) is 59.1 cm³/mol. The lowest BCUT2D eigenvalue weighted by atomic mass is 10.3. The minimum Gasteiger partial charge on any atom is -0.398 e. The number of hydrogen-bond donors (Lipinski definition) is 1. The number of anilines is 1. The Morgan fingerprint density at radius 1 is 1.41 bits per heavy atom. The highest BCUT2D eigenvalue weighted by Crippen LogP contribution is 2.22. The fourth-order valence-corrected chi connectivity index (χ4v) is 2.11. The molecule has 0 aliphatic rings. The minimum atomic E-state index is -4.43. The average molecular weight is 288 g/mol. The molecule has 96 valence electrons. The fraction of sp³-hybridized carbons (Fsp3) is 0.333. The van der Waals surface area contributed by atoms with Gasteiger partial charge >= 0.3 is 6.18 Å². The van der Waals surface area contributed by atoms with E-state index in [1.807, 2.05) is 0 Å². The van der Waals surface area contributed by atoms with Crippen LogP contribution in [0.15, 0.2) is 23.1 Å². The molecule has 17 heavy (non-hydrogen) atoms. The quantitative estimate of drug-likeness (QED) is 0.866. The summed E-state index contributed by atoms with van der Waals surface area (Å²) in [4.78, 5) is 0.205. The fourth-order valence-electron chi connectivity index (χ4n) is 1.02. The molecule has 1 unspecified atom stereocenters. The lowest BCUT2D eigenvalue weighted by molar-refractivity contribution is -0.169. The standard InChI is InChI=1S/C9H9ClF3NO2S/c10-6-1-2-8(7(14)3-6)17(15)5-16-4-9(11,12)13/h1-3H,4-5,14H2. The average Bonchev–Trinajstić information content (AvgIpc) is 2.15. The highest BCUT2D eigenvalue weighted by atomic mass is 35.5. The molecule has 1 rings (SSSR count). The maximum absolute atomic E-state index is 11.8. The van der Waals surface area contributed by atoms with Crippen molar-refractivity contribution in [1.82, 2.24) is 0 Å². The van der Waals surface area contributed by atoms with Crippen molar-refractivity contribution in [1.29, 1.82) is 0 Å². The van der Waals surface area contributed by atoms with Gasteiger partial charge < -0.3 is 10.5 Å². The molecule has 0 aliphatic carbocycles. The smallest absolute Gasteiger partial charge is 0.398 e. The van der Waals surface area contributed by atoms with Crippen LogP contribution in [0.5, 0.6) is 0 Å². The number of hydrogen-bond acceptors (Lipinski definition) is 3. The van der Waals surface area contributed by atoms with E-state index in [2.05, 4.69) is 4.74 Å². The number of ether oxygens (including phenoxy) is 1. The van der Waals surface area contributed by atoms with Gasteiger partial charge in [0.25, 0.3) is 0 Å². The Hall–Kier alpha value is -0.790. The van der Waals surface area contributed by atoms with Gasteiger partial charge in [0.1, 0.15) is 12.5 Å². The zero-order chi connectivity index (χ0) is 13.1. The van der Waals surface area contributed by atoms with Crippen LogP contribution in [0.4, 0.5) is 18.9 Å². The van der Waals surface area contributed by atoms with Gasteiger partial charge in [-0.25, -0.2) is 0 Å². The molecule has 0 saturated carbocycles. The van der Waals surface area contributed by atoms with E-state index in [0.717, 1.165) is 0 Å². The van der Waals surface area contributed by atoms with E-state index in [9.17, 15) is 17.4 Å². The normalized spacial score (nSPS) is 13.6. The molecule has 8 heteroatoms. The Morgan fingerprint density at radius 2 is 2.06 bits per heavy atom. The summed E-state index contributed by atoms with van der Waals surface area (Å²) in [6, 6.07) is 4.22. The molecule has 0 spiro atoms. The summed E-state index contributed by atoms with van der Waals surface area (Å²) in [5.74, 6) is -0.564. The summed E-state index contributed by atoms with van der Waals surface area (Å²) in [6.07, 6.45) is -4.43. The van der Waals surface area contributed by atoms with E-state index >= 15 is 0 Å². The predicted octanol–water partition coefficient (Wildman–Crippen LogP) is 2.57. The second-order valence-electron chi connectivity index (χ2n) is 3.11.